The van der Waals surface area contributed by atoms with Crippen LogP contribution in [0.25, 0.3) is 0 Å². The summed E-state index contributed by atoms with van der Waals surface area (Å²) in [7, 11) is 0. The summed E-state index contributed by atoms with van der Waals surface area (Å²) in [5.74, 6) is 0. The molecule has 4 heteroatoms. The lowest BCUT2D eigenvalue weighted by molar-refractivity contribution is 0.120. The lowest BCUT2D eigenvalue weighted by atomic mass is 10.2. The Kier molecular flexibility index (Phi) is 3.81. The fourth-order valence-corrected chi connectivity index (χ4v) is 2.22. The van der Waals surface area contributed by atoms with Crippen LogP contribution in [0.15, 0.2) is 22.7 Å². The largest absolute Gasteiger partial charge is 0.382 e. The minimum Gasteiger partial charge on any atom is -0.382 e. The predicted octanol–water partition coefficient (Wildman–Crippen LogP) is 2.91. The number of halogens is 1. The Hall–Kier alpha value is -1.05. The van der Waals surface area contributed by atoms with Crippen molar-refractivity contribution in [2.24, 2.45) is 0 Å². The molecule has 1 saturated heterocycles. The summed E-state index contributed by atoms with van der Waals surface area (Å²) >= 11 is 3.37. The number of benzene rings is 1. The van der Waals surface area contributed by atoms with E-state index in [4.69, 9.17) is 10.00 Å². The molecule has 1 aromatic carbocycles. The van der Waals surface area contributed by atoms with E-state index < -0.39 is 0 Å². The molecule has 84 valence electrons. The van der Waals surface area contributed by atoms with E-state index in [9.17, 15) is 0 Å². The number of rotatable bonds is 3. The quantitative estimate of drug-likeness (QED) is 0.926. The van der Waals surface area contributed by atoms with Gasteiger partial charge < -0.3 is 10.1 Å². The predicted molar refractivity (Wildman–Crippen MR) is 66.3 cm³/mol. The number of ether oxygens (including phenoxy) is 1. The van der Waals surface area contributed by atoms with Gasteiger partial charge in [-0.1, -0.05) is 0 Å². The van der Waals surface area contributed by atoms with Crippen LogP contribution in [0.5, 0.6) is 0 Å². The minimum absolute atomic E-state index is 0.328. The minimum atomic E-state index is 0.328. The maximum Gasteiger partial charge on any atom is 0.100 e. The van der Waals surface area contributed by atoms with Crippen LogP contribution in [-0.2, 0) is 4.74 Å². The highest BCUT2D eigenvalue weighted by atomic mass is 79.9. The van der Waals surface area contributed by atoms with Crippen LogP contribution in [0.3, 0.4) is 0 Å². The lowest BCUT2D eigenvalue weighted by Crippen LogP contribution is -2.18. The molecule has 0 aromatic heterocycles. The molecule has 3 nitrogen and oxygen atoms in total. The Morgan fingerprint density at radius 1 is 1.56 bits per heavy atom. The van der Waals surface area contributed by atoms with Gasteiger partial charge in [0.1, 0.15) is 6.07 Å². The fraction of sp³-hybridized carbons (Fsp3) is 0.417. The normalized spacial score (nSPS) is 19.4. The summed E-state index contributed by atoms with van der Waals surface area (Å²) in [4.78, 5) is 0. The van der Waals surface area contributed by atoms with Crippen LogP contribution in [0, 0.1) is 11.3 Å². The molecule has 2 rings (SSSR count). The van der Waals surface area contributed by atoms with Gasteiger partial charge in [-0.3, -0.25) is 0 Å². The van der Waals surface area contributed by atoms with Crippen molar-refractivity contribution in [1.29, 1.82) is 5.26 Å². The third-order valence-corrected chi connectivity index (χ3v) is 3.30. The molecule has 0 radical (unpaired) electrons. The summed E-state index contributed by atoms with van der Waals surface area (Å²) in [5.41, 5.74) is 1.67. The van der Waals surface area contributed by atoms with Crippen molar-refractivity contribution >= 4 is 21.6 Å². The summed E-state index contributed by atoms with van der Waals surface area (Å²) in [6.45, 7) is 1.71. The van der Waals surface area contributed by atoms with Crippen LogP contribution >= 0.6 is 15.9 Å². The third-order valence-electron chi connectivity index (χ3n) is 2.65. The Bertz CT molecular complexity index is 408. The molecule has 16 heavy (non-hydrogen) atoms. The number of nitrogens with zero attached hydrogens (tertiary/aromatic N) is 1. The highest BCUT2D eigenvalue weighted by Crippen LogP contribution is 2.21. The molecular formula is C12H13BrN2O. The van der Waals surface area contributed by atoms with Crippen LogP contribution in [0.4, 0.5) is 5.69 Å². The topological polar surface area (TPSA) is 45.0 Å². The Morgan fingerprint density at radius 2 is 2.44 bits per heavy atom. The van der Waals surface area contributed by atoms with Gasteiger partial charge in [-0.2, -0.15) is 5.26 Å². The standard InChI is InChI=1S/C12H13BrN2O/c13-12-6-10(4-3-9(12)7-14)15-8-11-2-1-5-16-11/h3-4,6,11,15H,1-2,5,8H2. The van der Waals surface area contributed by atoms with Gasteiger partial charge in [0.2, 0.25) is 0 Å². The van der Waals surface area contributed by atoms with Gasteiger partial charge in [-0.05, 0) is 47.0 Å². The number of hydrogen-bond donors (Lipinski definition) is 1. The number of hydrogen-bond acceptors (Lipinski definition) is 3. The molecule has 1 fully saturated rings. The maximum atomic E-state index is 8.79. The Labute approximate surface area is 104 Å². The van der Waals surface area contributed by atoms with Gasteiger partial charge in [0, 0.05) is 23.3 Å². The lowest BCUT2D eigenvalue weighted by Gasteiger charge is -2.12. The molecule has 0 spiro atoms. The second-order valence-electron chi connectivity index (χ2n) is 3.82. The van der Waals surface area contributed by atoms with Crippen molar-refractivity contribution < 1.29 is 4.74 Å². The van der Waals surface area contributed by atoms with Crippen molar-refractivity contribution in [3.05, 3.63) is 28.2 Å². The molecule has 0 saturated carbocycles. The third kappa shape index (κ3) is 2.75. The summed E-state index contributed by atoms with van der Waals surface area (Å²) in [5, 5.41) is 12.1. The molecule has 1 aromatic rings. The second kappa shape index (κ2) is 5.33. The van der Waals surface area contributed by atoms with E-state index >= 15 is 0 Å². The average molecular weight is 281 g/mol. The van der Waals surface area contributed by atoms with Gasteiger partial charge in [-0.15, -0.1) is 0 Å². The van der Waals surface area contributed by atoms with Gasteiger partial charge in [0.25, 0.3) is 0 Å². The van der Waals surface area contributed by atoms with E-state index in [0.717, 1.165) is 36.2 Å². The van der Waals surface area contributed by atoms with Crippen LogP contribution in [0.2, 0.25) is 0 Å². The van der Waals surface area contributed by atoms with Crippen molar-refractivity contribution in [1.82, 2.24) is 0 Å². The molecule has 1 N–H and O–H groups in total. The monoisotopic (exact) mass is 280 g/mol. The molecule has 1 unspecified atom stereocenters. The van der Waals surface area contributed by atoms with E-state index in [1.54, 1.807) is 0 Å². The highest BCUT2D eigenvalue weighted by Gasteiger charge is 2.14. The van der Waals surface area contributed by atoms with Gasteiger partial charge in [0.15, 0.2) is 0 Å². The van der Waals surface area contributed by atoms with E-state index in [1.807, 2.05) is 18.2 Å². The molecule has 0 bridgehead atoms. The van der Waals surface area contributed by atoms with Gasteiger partial charge in [0.05, 0.1) is 11.7 Å². The summed E-state index contributed by atoms with van der Waals surface area (Å²) < 4.78 is 6.35. The van der Waals surface area contributed by atoms with Crippen molar-refractivity contribution in [2.75, 3.05) is 18.5 Å². The SMILES string of the molecule is N#Cc1ccc(NCC2CCCO2)cc1Br. The van der Waals surface area contributed by atoms with Crippen LogP contribution < -0.4 is 5.32 Å². The molecule has 1 aliphatic rings. The zero-order valence-corrected chi connectivity index (χ0v) is 10.5. The molecule has 1 aliphatic heterocycles. The molecular weight excluding hydrogens is 268 g/mol. The van der Waals surface area contributed by atoms with Crippen molar-refractivity contribution in [2.45, 2.75) is 18.9 Å². The first kappa shape index (κ1) is 11.4. The van der Waals surface area contributed by atoms with E-state index in [0.29, 0.717) is 11.7 Å². The smallest absolute Gasteiger partial charge is 0.100 e. The zero-order chi connectivity index (χ0) is 11.4. The fourth-order valence-electron chi connectivity index (χ4n) is 1.75. The zero-order valence-electron chi connectivity index (χ0n) is 8.87. The summed E-state index contributed by atoms with van der Waals surface area (Å²) in [6, 6.07) is 7.77. The molecule has 0 aliphatic carbocycles. The van der Waals surface area contributed by atoms with Gasteiger partial charge >= 0.3 is 0 Å². The number of anilines is 1. The average Bonchev–Trinajstić information content (AvgIpc) is 2.79. The molecule has 1 heterocycles. The molecule has 0 amide bonds. The van der Waals surface area contributed by atoms with E-state index in [-0.39, 0.29) is 0 Å². The molecule has 1 atom stereocenters. The second-order valence-corrected chi connectivity index (χ2v) is 4.68. The number of nitrogens with one attached hydrogen (secondary N) is 1. The first-order valence-corrected chi connectivity index (χ1v) is 6.14. The first-order chi connectivity index (χ1) is 7.79. The number of nitriles is 1. The van der Waals surface area contributed by atoms with E-state index in [1.165, 1.54) is 0 Å². The van der Waals surface area contributed by atoms with Crippen LogP contribution in [-0.4, -0.2) is 19.3 Å². The summed E-state index contributed by atoms with van der Waals surface area (Å²) in [6.07, 6.45) is 2.61. The first-order valence-electron chi connectivity index (χ1n) is 5.35. The highest BCUT2D eigenvalue weighted by molar-refractivity contribution is 9.10. The Balaban J connectivity index is 1.94. The van der Waals surface area contributed by atoms with Crippen molar-refractivity contribution in [3.8, 4) is 6.07 Å². The maximum absolute atomic E-state index is 8.79. The van der Waals surface area contributed by atoms with Gasteiger partial charge in [-0.25, -0.2) is 0 Å². The Morgan fingerprint density at radius 3 is 3.06 bits per heavy atom. The van der Waals surface area contributed by atoms with E-state index in [2.05, 4.69) is 27.3 Å². The van der Waals surface area contributed by atoms with Crippen molar-refractivity contribution in [3.63, 3.8) is 0 Å². The van der Waals surface area contributed by atoms with Crippen LogP contribution in [0.1, 0.15) is 18.4 Å².